The standard InChI is InChI=1S/C16H20N2O2/c1-13(7-8-14-5-3-11-18(14)2)17-16(19)10-9-15-6-4-12-20-15/h3-6,9-13H,7-8H2,1-2H3,(H,17,19)/b10-9-/t13-/m0/s1. The van der Waals surface area contributed by atoms with Gasteiger partial charge < -0.3 is 14.3 Å². The van der Waals surface area contributed by atoms with Gasteiger partial charge in [0, 0.05) is 31.1 Å². The number of carbonyl (C=O) groups excluding carboxylic acids is 1. The lowest BCUT2D eigenvalue weighted by atomic mass is 10.1. The third-order valence-corrected chi connectivity index (χ3v) is 3.22. The molecular weight excluding hydrogens is 252 g/mol. The molecule has 0 aliphatic carbocycles. The van der Waals surface area contributed by atoms with Gasteiger partial charge >= 0.3 is 0 Å². The van der Waals surface area contributed by atoms with Crippen LogP contribution in [0, 0.1) is 0 Å². The van der Waals surface area contributed by atoms with E-state index in [0.717, 1.165) is 12.8 Å². The third-order valence-electron chi connectivity index (χ3n) is 3.22. The average molecular weight is 272 g/mol. The lowest BCUT2D eigenvalue weighted by Gasteiger charge is -2.12. The Morgan fingerprint density at radius 3 is 2.95 bits per heavy atom. The highest BCUT2D eigenvalue weighted by molar-refractivity contribution is 5.91. The Balaban J connectivity index is 1.75. The molecule has 0 aliphatic heterocycles. The van der Waals surface area contributed by atoms with Crippen molar-refractivity contribution in [1.29, 1.82) is 0 Å². The Morgan fingerprint density at radius 1 is 1.45 bits per heavy atom. The Kier molecular flexibility index (Phi) is 4.82. The molecule has 1 N–H and O–H groups in total. The zero-order chi connectivity index (χ0) is 14.4. The number of carbonyl (C=O) groups is 1. The monoisotopic (exact) mass is 272 g/mol. The number of nitrogens with zero attached hydrogens (tertiary/aromatic N) is 1. The van der Waals surface area contributed by atoms with Crippen molar-refractivity contribution in [2.75, 3.05) is 0 Å². The molecule has 2 rings (SSSR count). The first-order valence-corrected chi connectivity index (χ1v) is 6.77. The molecule has 0 aromatic carbocycles. The molecule has 1 amide bonds. The van der Waals surface area contributed by atoms with E-state index in [1.54, 1.807) is 18.4 Å². The van der Waals surface area contributed by atoms with E-state index in [1.807, 2.05) is 32.3 Å². The predicted octanol–water partition coefficient (Wildman–Crippen LogP) is 2.77. The second kappa shape index (κ2) is 6.80. The number of aromatic nitrogens is 1. The van der Waals surface area contributed by atoms with E-state index < -0.39 is 0 Å². The van der Waals surface area contributed by atoms with Crippen LogP contribution in [0.15, 0.2) is 47.2 Å². The van der Waals surface area contributed by atoms with Crippen molar-refractivity contribution in [3.63, 3.8) is 0 Å². The molecular formula is C16H20N2O2. The topological polar surface area (TPSA) is 47.2 Å². The maximum atomic E-state index is 11.7. The molecule has 0 radical (unpaired) electrons. The molecule has 0 saturated heterocycles. The highest BCUT2D eigenvalue weighted by Gasteiger charge is 2.06. The normalized spacial score (nSPS) is 12.7. The van der Waals surface area contributed by atoms with E-state index in [0.29, 0.717) is 5.76 Å². The van der Waals surface area contributed by atoms with Crippen LogP contribution in [0.3, 0.4) is 0 Å². The molecule has 0 aliphatic rings. The van der Waals surface area contributed by atoms with Gasteiger partial charge in [0.2, 0.25) is 5.91 Å². The van der Waals surface area contributed by atoms with Crippen LogP contribution in [-0.2, 0) is 18.3 Å². The van der Waals surface area contributed by atoms with E-state index in [9.17, 15) is 4.79 Å². The first-order valence-electron chi connectivity index (χ1n) is 6.77. The molecule has 2 aromatic rings. The molecule has 0 spiro atoms. The molecule has 4 nitrogen and oxygen atoms in total. The summed E-state index contributed by atoms with van der Waals surface area (Å²) in [5, 5.41) is 2.95. The van der Waals surface area contributed by atoms with Crippen molar-refractivity contribution in [3.05, 3.63) is 54.3 Å². The minimum absolute atomic E-state index is 0.0965. The van der Waals surface area contributed by atoms with E-state index in [1.165, 1.54) is 11.8 Å². The van der Waals surface area contributed by atoms with Gasteiger partial charge in [0.25, 0.3) is 0 Å². The number of amides is 1. The van der Waals surface area contributed by atoms with E-state index in [4.69, 9.17) is 4.42 Å². The smallest absolute Gasteiger partial charge is 0.244 e. The summed E-state index contributed by atoms with van der Waals surface area (Å²) >= 11 is 0. The van der Waals surface area contributed by atoms with E-state index >= 15 is 0 Å². The van der Waals surface area contributed by atoms with Gasteiger partial charge in [-0.1, -0.05) is 0 Å². The van der Waals surface area contributed by atoms with Crippen molar-refractivity contribution >= 4 is 12.0 Å². The lowest BCUT2D eigenvalue weighted by Crippen LogP contribution is -2.31. The summed E-state index contributed by atoms with van der Waals surface area (Å²) in [6, 6.07) is 7.87. The highest BCUT2D eigenvalue weighted by Crippen LogP contribution is 2.06. The average Bonchev–Trinajstić information content (AvgIpc) is 3.05. The molecule has 0 saturated carbocycles. The van der Waals surface area contributed by atoms with Gasteiger partial charge in [0.15, 0.2) is 0 Å². The SMILES string of the molecule is C[C@@H](CCc1cccn1C)NC(=O)/C=C\c1ccco1. The molecule has 0 bridgehead atoms. The fraction of sp³-hybridized carbons (Fsp3) is 0.312. The van der Waals surface area contributed by atoms with Gasteiger partial charge in [-0.2, -0.15) is 0 Å². The second-order valence-electron chi connectivity index (χ2n) is 4.91. The molecule has 2 aromatic heterocycles. The molecule has 1 atom stereocenters. The summed E-state index contributed by atoms with van der Waals surface area (Å²) in [5.41, 5.74) is 1.28. The summed E-state index contributed by atoms with van der Waals surface area (Å²) in [7, 11) is 2.03. The highest BCUT2D eigenvalue weighted by atomic mass is 16.3. The number of furan rings is 1. The zero-order valence-electron chi connectivity index (χ0n) is 11.9. The number of hydrogen-bond donors (Lipinski definition) is 1. The summed E-state index contributed by atoms with van der Waals surface area (Å²) in [5.74, 6) is 0.581. The molecule has 0 unspecified atom stereocenters. The van der Waals surface area contributed by atoms with Crippen molar-refractivity contribution in [2.45, 2.75) is 25.8 Å². The maximum absolute atomic E-state index is 11.7. The number of aryl methyl sites for hydroxylation is 2. The Hall–Kier alpha value is -2.23. The summed E-state index contributed by atoms with van der Waals surface area (Å²) in [4.78, 5) is 11.7. The molecule has 2 heterocycles. The van der Waals surface area contributed by atoms with Crippen molar-refractivity contribution in [1.82, 2.24) is 9.88 Å². The van der Waals surface area contributed by atoms with Crippen LogP contribution >= 0.6 is 0 Å². The van der Waals surface area contributed by atoms with Gasteiger partial charge in [0.1, 0.15) is 5.76 Å². The largest absolute Gasteiger partial charge is 0.465 e. The summed E-state index contributed by atoms with van der Waals surface area (Å²) in [6.07, 6.45) is 8.65. The maximum Gasteiger partial charge on any atom is 0.244 e. The van der Waals surface area contributed by atoms with Crippen molar-refractivity contribution < 1.29 is 9.21 Å². The predicted molar refractivity (Wildman–Crippen MR) is 79.1 cm³/mol. The first-order chi connectivity index (χ1) is 9.65. The van der Waals surface area contributed by atoms with E-state index in [-0.39, 0.29) is 11.9 Å². The van der Waals surface area contributed by atoms with Crippen LogP contribution in [0.1, 0.15) is 24.8 Å². The zero-order valence-corrected chi connectivity index (χ0v) is 11.9. The molecule has 4 heteroatoms. The van der Waals surface area contributed by atoms with Crippen LogP contribution in [-0.4, -0.2) is 16.5 Å². The Bertz CT molecular complexity index is 567. The number of nitrogens with one attached hydrogen (secondary N) is 1. The number of hydrogen-bond acceptors (Lipinski definition) is 2. The quantitative estimate of drug-likeness (QED) is 0.822. The van der Waals surface area contributed by atoms with Gasteiger partial charge in [-0.15, -0.1) is 0 Å². The van der Waals surface area contributed by atoms with Crippen LogP contribution in [0.4, 0.5) is 0 Å². The molecule has 20 heavy (non-hydrogen) atoms. The summed E-state index contributed by atoms with van der Waals surface area (Å²) < 4.78 is 7.23. The van der Waals surface area contributed by atoms with Gasteiger partial charge in [0.05, 0.1) is 6.26 Å². The Morgan fingerprint density at radius 2 is 2.30 bits per heavy atom. The van der Waals surface area contributed by atoms with E-state index in [2.05, 4.69) is 16.0 Å². The van der Waals surface area contributed by atoms with Gasteiger partial charge in [-0.05, 0) is 50.1 Å². The van der Waals surface area contributed by atoms with Gasteiger partial charge in [-0.25, -0.2) is 0 Å². The van der Waals surface area contributed by atoms with Crippen LogP contribution in [0.2, 0.25) is 0 Å². The van der Waals surface area contributed by atoms with Crippen LogP contribution in [0.25, 0.3) is 6.08 Å². The van der Waals surface area contributed by atoms with Gasteiger partial charge in [-0.3, -0.25) is 4.79 Å². The van der Waals surface area contributed by atoms with Crippen molar-refractivity contribution in [3.8, 4) is 0 Å². The third kappa shape index (κ3) is 4.16. The molecule has 106 valence electrons. The first kappa shape index (κ1) is 14.2. The summed E-state index contributed by atoms with van der Waals surface area (Å²) in [6.45, 7) is 2.02. The minimum Gasteiger partial charge on any atom is -0.465 e. The fourth-order valence-electron chi connectivity index (χ4n) is 2.03. The van der Waals surface area contributed by atoms with Crippen molar-refractivity contribution in [2.24, 2.45) is 7.05 Å². The minimum atomic E-state index is -0.0965. The Labute approximate surface area is 119 Å². The number of rotatable bonds is 6. The van der Waals surface area contributed by atoms with Crippen LogP contribution in [0.5, 0.6) is 0 Å². The second-order valence-corrected chi connectivity index (χ2v) is 4.91. The lowest BCUT2D eigenvalue weighted by molar-refractivity contribution is -0.117. The molecule has 0 fully saturated rings. The fourth-order valence-corrected chi connectivity index (χ4v) is 2.03. The van der Waals surface area contributed by atoms with Crippen LogP contribution < -0.4 is 5.32 Å².